The number of halogens is 1. The topological polar surface area (TPSA) is 84.2 Å². The van der Waals surface area contributed by atoms with Crippen LogP contribution < -0.4 is 16.4 Å². The van der Waals surface area contributed by atoms with Crippen LogP contribution in [0, 0.1) is 5.82 Å². The van der Waals surface area contributed by atoms with Crippen LogP contribution in [0.1, 0.15) is 23.2 Å². The third-order valence-corrected chi connectivity index (χ3v) is 2.45. The lowest BCUT2D eigenvalue weighted by molar-refractivity contribution is -0.121. The molecule has 1 aromatic carbocycles. The average molecular weight is 267 g/mol. The molecule has 0 aliphatic carbocycles. The number of hydrogen-bond donors (Lipinski definition) is 3. The van der Waals surface area contributed by atoms with Gasteiger partial charge in [-0.15, -0.1) is 0 Å². The zero-order valence-corrected chi connectivity index (χ0v) is 10.6. The van der Waals surface area contributed by atoms with E-state index >= 15 is 0 Å². The Kier molecular flexibility index (Phi) is 6.52. The van der Waals surface area contributed by atoms with Gasteiger partial charge in [-0.3, -0.25) is 9.59 Å². The van der Waals surface area contributed by atoms with Crippen molar-refractivity contribution in [1.29, 1.82) is 0 Å². The summed E-state index contributed by atoms with van der Waals surface area (Å²) in [6, 6.07) is 5.27. The molecule has 0 atom stereocenters. The van der Waals surface area contributed by atoms with Crippen molar-refractivity contribution in [1.82, 2.24) is 10.6 Å². The monoisotopic (exact) mass is 267 g/mol. The van der Waals surface area contributed by atoms with E-state index in [1.54, 1.807) is 0 Å². The summed E-state index contributed by atoms with van der Waals surface area (Å²) in [5.41, 5.74) is 5.67. The van der Waals surface area contributed by atoms with Crippen molar-refractivity contribution in [3.05, 3.63) is 35.6 Å². The number of rotatable bonds is 7. The first-order valence-corrected chi connectivity index (χ1v) is 6.14. The highest BCUT2D eigenvalue weighted by molar-refractivity contribution is 5.94. The second-order valence-electron chi connectivity index (χ2n) is 4.00. The Bertz CT molecular complexity index is 420. The lowest BCUT2D eigenvalue weighted by atomic mass is 10.2. The molecule has 2 amide bonds. The molecule has 0 bridgehead atoms. The number of hydrogen-bond acceptors (Lipinski definition) is 3. The summed E-state index contributed by atoms with van der Waals surface area (Å²) in [5.74, 6) is -0.763. The Labute approximate surface area is 111 Å². The Morgan fingerprint density at radius 2 is 1.74 bits per heavy atom. The van der Waals surface area contributed by atoms with Crippen molar-refractivity contribution in [2.75, 3.05) is 19.6 Å². The van der Waals surface area contributed by atoms with Gasteiger partial charge < -0.3 is 16.4 Å². The second kappa shape index (κ2) is 8.20. The highest BCUT2D eigenvalue weighted by Crippen LogP contribution is 2.01. The molecule has 4 N–H and O–H groups in total. The maximum atomic E-state index is 12.7. The van der Waals surface area contributed by atoms with Gasteiger partial charge in [-0.1, -0.05) is 0 Å². The van der Waals surface area contributed by atoms with E-state index in [9.17, 15) is 14.0 Å². The van der Waals surface area contributed by atoms with Crippen molar-refractivity contribution < 1.29 is 14.0 Å². The van der Waals surface area contributed by atoms with Gasteiger partial charge in [-0.2, -0.15) is 0 Å². The van der Waals surface area contributed by atoms with E-state index in [-0.39, 0.29) is 17.6 Å². The molecule has 0 unspecified atom stereocenters. The summed E-state index contributed by atoms with van der Waals surface area (Å²) in [7, 11) is 0. The van der Waals surface area contributed by atoms with Gasteiger partial charge in [0.1, 0.15) is 5.82 Å². The maximum absolute atomic E-state index is 12.7. The normalized spacial score (nSPS) is 10.0. The predicted molar refractivity (Wildman–Crippen MR) is 70.0 cm³/mol. The lowest BCUT2D eigenvalue weighted by Crippen LogP contribution is -2.34. The number of nitrogens with two attached hydrogens (primary N) is 1. The Balaban J connectivity index is 2.20. The van der Waals surface area contributed by atoms with Crippen molar-refractivity contribution in [3.8, 4) is 0 Å². The molecule has 0 heterocycles. The van der Waals surface area contributed by atoms with E-state index in [1.807, 2.05) is 0 Å². The van der Waals surface area contributed by atoms with Crippen molar-refractivity contribution in [2.24, 2.45) is 5.73 Å². The van der Waals surface area contributed by atoms with Gasteiger partial charge in [0.2, 0.25) is 5.91 Å². The molecule has 0 aliphatic heterocycles. The first-order valence-electron chi connectivity index (χ1n) is 6.14. The van der Waals surface area contributed by atoms with E-state index in [0.717, 1.165) is 0 Å². The van der Waals surface area contributed by atoms with Crippen LogP contribution in [0.4, 0.5) is 4.39 Å². The molecule has 0 aromatic heterocycles. The molecule has 0 radical (unpaired) electrons. The maximum Gasteiger partial charge on any atom is 0.251 e. The lowest BCUT2D eigenvalue weighted by Gasteiger charge is -2.07. The van der Waals surface area contributed by atoms with Crippen molar-refractivity contribution >= 4 is 11.8 Å². The molecule has 5 nitrogen and oxygen atoms in total. The molecule has 1 rings (SSSR count). The largest absolute Gasteiger partial charge is 0.354 e. The predicted octanol–water partition coefficient (Wildman–Crippen LogP) is 0.411. The standard InChI is InChI=1S/C13H18FN3O2/c14-11-5-3-10(4-6-11)13(19)17-9-8-16-12(18)2-1-7-15/h3-6H,1-2,7-9,15H2,(H,16,18)(H,17,19). The van der Waals surface area contributed by atoms with Crippen LogP contribution in [0.5, 0.6) is 0 Å². The molecular weight excluding hydrogens is 249 g/mol. The van der Waals surface area contributed by atoms with Gasteiger partial charge in [0, 0.05) is 25.1 Å². The number of carbonyl (C=O) groups is 2. The van der Waals surface area contributed by atoms with Crippen molar-refractivity contribution in [2.45, 2.75) is 12.8 Å². The minimum absolute atomic E-state index is 0.0820. The van der Waals surface area contributed by atoms with Gasteiger partial charge >= 0.3 is 0 Å². The van der Waals surface area contributed by atoms with Crippen molar-refractivity contribution in [3.63, 3.8) is 0 Å². The quantitative estimate of drug-likeness (QED) is 0.626. The summed E-state index contributed by atoms with van der Waals surface area (Å²) < 4.78 is 12.7. The molecule has 6 heteroatoms. The summed E-state index contributed by atoms with van der Waals surface area (Å²) in [5, 5.41) is 5.29. The molecule has 0 saturated carbocycles. The molecule has 1 aromatic rings. The first kappa shape index (κ1) is 15.1. The van der Waals surface area contributed by atoms with E-state index in [0.29, 0.717) is 38.0 Å². The van der Waals surface area contributed by atoms with Crippen LogP contribution in [0.15, 0.2) is 24.3 Å². The Morgan fingerprint density at radius 3 is 2.37 bits per heavy atom. The van der Waals surface area contributed by atoms with Gasteiger partial charge in [0.15, 0.2) is 0 Å². The smallest absolute Gasteiger partial charge is 0.251 e. The molecule has 0 aliphatic rings. The number of carbonyl (C=O) groups excluding carboxylic acids is 2. The van der Waals surface area contributed by atoms with Crippen LogP contribution in [-0.2, 0) is 4.79 Å². The Hall–Kier alpha value is -1.95. The average Bonchev–Trinajstić information content (AvgIpc) is 2.41. The molecule has 0 spiro atoms. The van der Waals surface area contributed by atoms with E-state index in [1.165, 1.54) is 24.3 Å². The fourth-order valence-corrected chi connectivity index (χ4v) is 1.43. The zero-order chi connectivity index (χ0) is 14.1. The molecule has 0 fully saturated rings. The molecule has 104 valence electrons. The SMILES string of the molecule is NCCCC(=O)NCCNC(=O)c1ccc(F)cc1. The number of nitrogens with one attached hydrogen (secondary N) is 2. The fourth-order valence-electron chi connectivity index (χ4n) is 1.43. The third kappa shape index (κ3) is 5.96. The van der Waals surface area contributed by atoms with E-state index < -0.39 is 0 Å². The van der Waals surface area contributed by atoms with E-state index in [2.05, 4.69) is 10.6 Å². The van der Waals surface area contributed by atoms with Crippen LogP contribution in [-0.4, -0.2) is 31.4 Å². The van der Waals surface area contributed by atoms with Gasteiger partial charge in [0.25, 0.3) is 5.91 Å². The minimum atomic E-state index is -0.385. The van der Waals surface area contributed by atoms with Crippen LogP contribution in [0.25, 0.3) is 0 Å². The van der Waals surface area contributed by atoms with Crippen LogP contribution in [0.2, 0.25) is 0 Å². The van der Waals surface area contributed by atoms with Gasteiger partial charge in [0.05, 0.1) is 0 Å². The number of amides is 2. The summed E-state index contributed by atoms with van der Waals surface area (Å²) in [4.78, 5) is 22.8. The summed E-state index contributed by atoms with van der Waals surface area (Å²) in [6.07, 6.45) is 1.04. The van der Waals surface area contributed by atoms with Gasteiger partial charge in [-0.05, 0) is 37.2 Å². The zero-order valence-electron chi connectivity index (χ0n) is 10.6. The highest BCUT2D eigenvalue weighted by Gasteiger charge is 2.05. The molecule has 19 heavy (non-hydrogen) atoms. The summed E-state index contributed by atoms with van der Waals surface area (Å²) in [6.45, 7) is 1.16. The van der Waals surface area contributed by atoms with E-state index in [4.69, 9.17) is 5.73 Å². The third-order valence-electron chi connectivity index (χ3n) is 2.45. The van der Waals surface area contributed by atoms with Crippen LogP contribution >= 0.6 is 0 Å². The second-order valence-corrected chi connectivity index (χ2v) is 4.00. The van der Waals surface area contributed by atoms with Gasteiger partial charge in [-0.25, -0.2) is 4.39 Å². The highest BCUT2D eigenvalue weighted by atomic mass is 19.1. The number of benzene rings is 1. The summed E-state index contributed by atoms with van der Waals surface area (Å²) >= 11 is 0. The molecule has 0 saturated heterocycles. The fraction of sp³-hybridized carbons (Fsp3) is 0.385. The molecular formula is C13H18FN3O2. The Morgan fingerprint density at radius 1 is 1.11 bits per heavy atom. The van der Waals surface area contributed by atoms with Crippen LogP contribution in [0.3, 0.4) is 0 Å². The first-order chi connectivity index (χ1) is 9.13. The minimum Gasteiger partial charge on any atom is -0.354 e.